The molecule has 0 spiro atoms. The summed E-state index contributed by atoms with van der Waals surface area (Å²) in [5.41, 5.74) is 0.451. The van der Waals surface area contributed by atoms with Gasteiger partial charge in [-0.25, -0.2) is 4.79 Å². The Kier molecular flexibility index (Phi) is 6.40. The van der Waals surface area contributed by atoms with Gasteiger partial charge in [0.25, 0.3) is 0 Å². The Morgan fingerprint density at radius 3 is 2.07 bits per heavy atom. The van der Waals surface area contributed by atoms with Crippen LogP contribution in [0.5, 0.6) is 0 Å². The number of carbonyl (C=O) groups is 1. The number of esters is 1. The van der Waals surface area contributed by atoms with Crippen LogP contribution in [0.3, 0.4) is 0 Å². The lowest BCUT2D eigenvalue weighted by Gasteiger charge is -2.32. The van der Waals surface area contributed by atoms with Crippen LogP contribution in [0.4, 0.5) is 0 Å². The number of hydrogen-bond donors (Lipinski definition) is 0. The minimum absolute atomic E-state index is 0. The average molecular weight is 205 g/mol. The Balaban J connectivity index is 0. The maximum absolute atomic E-state index is 11.2. The van der Waals surface area contributed by atoms with Crippen LogP contribution in [0.2, 0.25) is 0 Å². The van der Waals surface area contributed by atoms with Crippen molar-refractivity contribution in [3.8, 4) is 0 Å². The van der Waals surface area contributed by atoms with Crippen LogP contribution in [0.15, 0.2) is 12.2 Å². The average Bonchev–Trinajstić information content (AvgIpc) is 1.96. The van der Waals surface area contributed by atoms with Crippen LogP contribution >= 0.6 is 0 Å². The quantitative estimate of drug-likeness (QED) is 0.243. The first kappa shape index (κ1) is 15.6. The first-order valence-electron chi connectivity index (χ1n) is 4.46. The largest absolute Gasteiger partial charge is 1.00 e. The molecule has 4 heteroatoms. The van der Waals surface area contributed by atoms with E-state index in [1.165, 1.54) is 0 Å². The van der Waals surface area contributed by atoms with E-state index in [2.05, 4.69) is 6.58 Å². The summed E-state index contributed by atoms with van der Waals surface area (Å²) in [6, 6.07) is 0. The molecular formula is C10H20FNO2. The third kappa shape index (κ3) is 4.97. The number of hydrogen-bond acceptors (Lipinski definition) is 2. The number of halogens is 1. The smallest absolute Gasteiger partial charge is 0.337 e. The molecule has 1 atom stereocenters. The van der Waals surface area contributed by atoms with Gasteiger partial charge in [-0.3, -0.25) is 4.48 Å². The third-order valence-corrected chi connectivity index (χ3v) is 1.80. The predicted molar refractivity (Wildman–Crippen MR) is 53.0 cm³/mol. The van der Waals surface area contributed by atoms with Crippen LogP contribution in [-0.4, -0.2) is 37.8 Å². The van der Waals surface area contributed by atoms with Crippen molar-refractivity contribution in [3.63, 3.8) is 0 Å². The van der Waals surface area contributed by atoms with Crippen molar-refractivity contribution in [2.45, 2.75) is 26.5 Å². The Morgan fingerprint density at radius 2 is 1.86 bits per heavy atom. The van der Waals surface area contributed by atoms with Gasteiger partial charge in [-0.1, -0.05) is 13.5 Å². The maximum Gasteiger partial charge on any atom is 0.337 e. The molecule has 0 aromatic carbocycles. The highest BCUT2D eigenvalue weighted by molar-refractivity contribution is 5.86. The summed E-state index contributed by atoms with van der Waals surface area (Å²) >= 11 is 0. The Morgan fingerprint density at radius 1 is 1.43 bits per heavy atom. The summed E-state index contributed by atoms with van der Waals surface area (Å²) in [4.78, 5) is 11.2. The number of ether oxygens (including phenoxy) is 1. The molecule has 0 fully saturated rings. The standard InChI is InChI=1S/C10H20NO2.FH/c1-7-9(11(4,5)6)13-10(12)8(2)3;/h9H,2,7H2,1,3-6H3;1H/q+1;/p-1. The number of carbonyl (C=O) groups excluding carboxylic acids is 1. The van der Waals surface area contributed by atoms with E-state index in [9.17, 15) is 4.79 Å². The monoisotopic (exact) mass is 205 g/mol. The Labute approximate surface area is 85.3 Å². The normalized spacial score (nSPS) is 12.6. The van der Waals surface area contributed by atoms with Gasteiger partial charge in [0.2, 0.25) is 6.23 Å². The highest BCUT2D eigenvalue weighted by Gasteiger charge is 2.25. The molecule has 0 bridgehead atoms. The molecule has 0 amide bonds. The molecule has 14 heavy (non-hydrogen) atoms. The lowest BCUT2D eigenvalue weighted by atomic mass is 10.3. The molecule has 0 aliphatic heterocycles. The van der Waals surface area contributed by atoms with E-state index in [-0.39, 0.29) is 16.9 Å². The van der Waals surface area contributed by atoms with E-state index in [1.54, 1.807) is 6.92 Å². The van der Waals surface area contributed by atoms with Crippen LogP contribution in [0.25, 0.3) is 0 Å². The van der Waals surface area contributed by atoms with Crippen molar-refractivity contribution < 1.29 is 18.7 Å². The van der Waals surface area contributed by atoms with Crippen LogP contribution in [-0.2, 0) is 9.53 Å². The summed E-state index contributed by atoms with van der Waals surface area (Å²) in [6.45, 7) is 7.20. The number of nitrogens with zero attached hydrogens (tertiary/aromatic N) is 1. The van der Waals surface area contributed by atoms with Gasteiger partial charge < -0.3 is 9.44 Å². The number of rotatable bonds is 4. The zero-order chi connectivity index (χ0) is 10.6. The SMILES string of the molecule is C=C(C)C(=O)OC(CC)[N+](C)(C)C.[F-]. The van der Waals surface area contributed by atoms with E-state index in [1.807, 2.05) is 28.1 Å². The lowest BCUT2D eigenvalue weighted by molar-refractivity contribution is -0.916. The van der Waals surface area contributed by atoms with Gasteiger partial charge in [0.15, 0.2) is 0 Å². The molecule has 0 aromatic heterocycles. The second-order valence-electron chi connectivity index (χ2n) is 4.16. The molecule has 3 nitrogen and oxygen atoms in total. The first-order valence-corrected chi connectivity index (χ1v) is 4.46. The lowest BCUT2D eigenvalue weighted by Crippen LogP contribution is -3.00. The van der Waals surface area contributed by atoms with Crippen LogP contribution in [0.1, 0.15) is 20.3 Å². The summed E-state index contributed by atoms with van der Waals surface area (Å²) in [7, 11) is 6.00. The van der Waals surface area contributed by atoms with E-state index >= 15 is 0 Å². The minimum atomic E-state index is -0.306. The van der Waals surface area contributed by atoms with E-state index < -0.39 is 0 Å². The first-order chi connectivity index (χ1) is 5.79. The topological polar surface area (TPSA) is 26.3 Å². The van der Waals surface area contributed by atoms with Gasteiger partial charge >= 0.3 is 5.97 Å². The van der Waals surface area contributed by atoms with Crippen LogP contribution < -0.4 is 4.70 Å². The molecule has 1 unspecified atom stereocenters. The minimum Gasteiger partial charge on any atom is -1.00 e. The molecular weight excluding hydrogens is 185 g/mol. The van der Waals surface area contributed by atoms with Gasteiger partial charge in [0, 0.05) is 12.0 Å². The molecule has 84 valence electrons. The molecule has 0 aliphatic rings. The van der Waals surface area contributed by atoms with Gasteiger partial charge in [-0.2, -0.15) is 0 Å². The van der Waals surface area contributed by atoms with Crippen molar-refractivity contribution in [1.29, 1.82) is 0 Å². The summed E-state index contributed by atoms with van der Waals surface area (Å²) < 4.78 is 5.88. The van der Waals surface area contributed by atoms with Gasteiger partial charge in [-0.15, -0.1) is 0 Å². The fourth-order valence-corrected chi connectivity index (χ4v) is 1.01. The molecule has 0 heterocycles. The second kappa shape index (κ2) is 5.75. The fourth-order valence-electron chi connectivity index (χ4n) is 1.01. The van der Waals surface area contributed by atoms with Gasteiger partial charge in [-0.05, 0) is 6.92 Å². The number of quaternary nitrogens is 1. The highest BCUT2D eigenvalue weighted by atomic mass is 19.0. The second-order valence-corrected chi connectivity index (χ2v) is 4.16. The van der Waals surface area contributed by atoms with Crippen molar-refractivity contribution in [2.75, 3.05) is 21.1 Å². The summed E-state index contributed by atoms with van der Waals surface area (Å²) in [5, 5.41) is 0. The van der Waals surface area contributed by atoms with Crippen molar-refractivity contribution >= 4 is 5.97 Å². The van der Waals surface area contributed by atoms with Crippen molar-refractivity contribution in [1.82, 2.24) is 0 Å². The third-order valence-electron chi connectivity index (χ3n) is 1.80. The molecule has 0 saturated carbocycles. The van der Waals surface area contributed by atoms with E-state index in [0.717, 1.165) is 6.42 Å². The van der Waals surface area contributed by atoms with Gasteiger partial charge in [0.05, 0.1) is 21.1 Å². The Bertz CT molecular complexity index is 209. The molecule has 0 radical (unpaired) electrons. The fraction of sp³-hybridized carbons (Fsp3) is 0.700. The zero-order valence-corrected chi connectivity index (χ0v) is 9.63. The predicted octanol–water partition coefficient (Wildman–Crippen LogP) is -1.45. The molecule has 0 aromatic rings. The van der Waals surface area contributed by atoms with Crippen molar-refractivity contribution in [3.05, 3.63) is 12.2 Å². The van der Waals surface area contributed by atoms with E-state index in [4.69, 9.17) is 4.74 Å². The van der Waals surface area contributed by atoms with Crippen LogP contribution in [0, 0.1) is 0 Å². The molecule has 0 saturated heterocycles. The molecule has 0 rings (SSSR count). The van der Waals surface area contributed by atoms with E-state index in [0.29, 0.717) is 10.1 Å². The maximum atomic E-state index is 11.2. The Hall–Kier alpha value is -0.900. The highest BCUT2D eigenvalue weighted by Crippen LogP contribution is 2.10. The molecule has 0 N–H and O–H groups in total. The summed E-state index contributed by atoms with van der Waals surface area (Å²) in [6.07, 6.45) is 0.715. The van der Waals surface area contributed by atoms with Crippen molar-refractivity contribution in [2.24, 2.45) is 0 Å². The molecule has 0 aliphatic carbocycles. The van der Waals surface area contributed by atoms with Gasteiger partial charge in [0.1, 0.15) is 0 Å². The zero-order valence-electron chi connectivity index (χ0n) is 9.63. The summed E-state index contributed by atoms with van der Waals surface area (Å²) in [5.74, 6) is -0.306.